The van der Waals surface area contributed by atoms with E-state index < -0.39 is 0 Å². The third kappa shape index (κ3) is 2.64. The molecule has 0 heterocycles. The molecule has 0 saturated heterocycles. The summed E-state index contributed by atoms with van der Waals surface area (Å²) in [7, 11) is 0. The van der Waals surface area contributed by atoms with Crippen LogP contribution in [0.25, 0.3) is 0 Å². The summed E-state index contributed by atoms with van der Waals surface area (Å²) in [6, 6.07) is 17.7. The Hall–Kier alpha value is -1.60. The number of hydrogen-bond donors (Lipinski definition) is 1. The van der Waals surface area contributed by atoms with Gasteiger partial charge in [-0.15, -0.1) is 0 Å². The Morgan fingerprint density at radius 3 is 2.60 bits per heavy atom. The van der Waals surface area contributed by atoms with Crippen molar-refractivity contribution in [3.05, 3.63) is 70.8 Å². The second kappa shape index (κ2) is 5.41. The van der Waals surface area contributed by atoms with Crippen LogP contribution >= 0.6 is 0 Å². The third-order valence-corrected chi connectivity index (χ3v) is 4.70. The maximum absolute atomic E-state index is 6.18. The molecule has 1 atom stereocenters. The summed E-state index contributed by atoms with van der Waals surface area (Å²) in [5.74, 6) is 0. The van der Waals surface area contributed by atoms with Crippen LogP contribution in [0.3, 0.4) is 0 Å². The van der Waals surface area contributed by atoms with Crippen LogP contribution in [-0.4, -0.2) is 6.54 Å². The molecular weight excluding hydrogens is 242 g/mol. The highest BCUT2D eigenvalue weighted by atomic mass is 14.6. The normalized spacial score (nSPS) is 21.5. The Labute approximate surface area is 121 Å². The molecule has 0 aromatic heterocycles. The topological polar surface area (TPSA) is 26.0 Å². The van der Waals surface area contributed by atoms with Gasteiger partial charge in [0.05, 0.1) is 0 Å². The van der Waals surface area contributed by atoms with E-state index in [1.165, 1.54) is 35.1 Å². The van der Waals surface area contributed by atoms with Gasteiger partial charge in [-0.25, -0.2) is 0 Å². The van der Waals surface area contributed by atoms with E-state index in [2.05, 4.69) is 55.5 Å². The molecule has 1 heteroatoms. The van der Waals surface area contributed by atoms with Crippen LogP contribution in [0.5, 0.6) is 0 Å². The van der Waals surface area contributed by atoms with Crippen LogP contribution in [0.4, 0.5) is 0 Å². The molecule has 1 unspecified atom stereocenters. The lowest BCUT2D eigenvalue weighted by Gasteiger charge is -2.37. The first kappa shape index (κ1) is 13.4. The van der Waals surface area contributed by atoms with Gasteiger partial charge in [0, 0.05) is 0 Å². The van der Waals surface area contributed by atoms with E-state index in [0.717, 1.165) is 19.4 Å². The van der Waals surface area contributed by atoms with E-state index >= 15 is 0 Å². The zero-order valence-electron chi connectivity index (χ0n) is 12.2. The molecule has 0 radical (unpaired) electrons. The fourth-order valence-electron chi connectivity index (χ4n) is 3.52. The molecule has 1 nitrogen and oxygen atoms in total. The van der Waals surface area contributed by atoms with E-state index in [0.29, 0.717) is 0 Å². The standard InChI is InChI=1S/C19H23N/c1-15-5-4-6-16(11-15)12-19(14-20)10-9-17-7-2-3-8-18(17)13-19/h2-8,11H,9-10,12-14,20H2,1H3. The predicted octanol–water partition coefficient (Wildman–Crippen LogP) is 3.67. The Morgan fingerprint density at radius 1 is 1.05 bits per heavy atom. The molecule has 0 spiro atoms. The number of fused-ring (bicyclic) bond motifs is 1. The monoisotopic (exact) mass is 265 g/mol. The van der Waals surface area contributed by atoms with Gasteiger partial charge in [0.25, 0.3) is 0 Å². The highest BCUT2D eigenvalue weighted by Gasteiger charge is 2.33. The molecule has 1 aliphatic carbocycles. The first-order valence-corrected chi connectivity index (χ1v) is 7.53. The SMILES string of the molecule is Cc1cccc(CC2(CN)CCc3ccccc3C2)c1. The summed E-state index contributed by atoms with van der Waals surface area (Å²) in [4.78, 5) is 0. The maximum atomic E-state index is 6.18. The quantitative estimate of drug-likeness (QED) is 0.900. The van der Waals surface area contributed by atoms with Crippen LogP contribution in [0.15, 0.2) is 48.5 Å². The van der Waals surface area contributed by atoms with Gasteiger partial charge in [-0.1, -0.05) is 54.1 Å². The van der Waals surface area contributed by atoms with E-state index in [-0.39, 0.29) is 5.41 Å². The summed E-state index contributed by atoms with van der Waals surface area (Å²) >= 11 is 0. The van der Waals surface area contributed by atoms with Crippen molar-refractivity contribution in [1.29, 1.82) is 0 Å². The van der Waals surface area contributed by atoms with E-state index in [9.17, 15) is 0 Å². The zero-order valence-corrected chi connectivity index (χ0v) is 12.2. The number of rotatable bonds is 3. The summed E-state index contributed by atoms with van der Waals surface area (Å²) in [5, 5.41) is 0. The average Bonchev–Trinajstić information content (AvgIpc) is 2.47. The van der Waals surface area contributed by atoms with Crippen LogP contribution in [0, 0.1) is 12.3 Å². The lowest BCUT2D eigenvalue weighted by molar-refractivity contribution is 0.254. The first-order valence-electron chi connectivity index (χ1n) is 7.53. The number of nitrogens with two attached hydrogens (primary N) is 1. The fraction of sp³-hybridized carbons (Fsp3) is 0.368. The van der Waals surface area contributed by atoms with Crippen LogP contribution in [0.2, 0.25) is 0 Å². The predicted molar refractivity (Wildman–Crippen MR) is 84.8 cm³/mol. The lowest BCUT2D eigenvalue weighted by atomic mass is 9.68. The molecule has 2 N–H and O–H groups in total. The second-order valence-corrected chi connectivity index (χ2v) is 6.32. The van der Waals surface area contributed by atoms with E-state index in [4.69, 9.17) is 5.73 Å². The molecule has 0 saturated carbocycles. The molecule has 2 aromatic carbocycles. The van der Waals surface area contributed by atoms with Crippen molar-refractivity contribution in [3.8, 4) is 0 Å². The lowest BCUT2D eigenvalue weighted by Crippen LogP contribution is -2.38. The Bertz CT molecular complexity index is 602. The number of aryl methyl sites for hydroxylation is 2. The summed E-state index contributed by atoms with van der Waals surface area (Å²) in [5.41, 5.74) is 12.2. The molecule has 0 aliphatic heterocycles. The largest absolute Gasteiger partial charge is 0.330 e. The van der Waals surface area contributed by atoms with Crippen molar-refractivity contribution in [3.63, 3.8) is 0 Å². The van der Waals surface area contributed by atoms with Crippen molar-refractivity contribution < 1.29 is 0 Å². The zero-order chi connectivity index (χ0) is 14.0. The van der Waals surface area contributed by atoms with Crippen molar-refractivity contribution in [2.75, 3.05) is 6.54 Å². The molecule has 0 bridgehead atoms. The molecule has 0 fully saturated rings. The third-order valence-electron chi connectivity index (χ3n) is 4.70. The Balaban J connectivity index is 1.86. The summed E-state index contributed by atoms with van der Waals surface area (Å²) in [6.45, 7) is 2.93. The molecule has 20 heavy (non-hydrogen) atoms. The number of benzene rings is 2. The van der Waals surface area contributed by atoms with Gasteiger partial charge in [0.2, 0.25) is 0 Å². The van der Waals surface area contributed by atoms with Gasteiger partial charge >= 0.3 is 0 Å². The van der Waals surface area contributed by atoms with Crippen LogP contribution in [0.1, 0.15) is 28.7 Å². The van der Waals surface area contributed by atoms with Crippen molar-refractivity contribution >= 4 is 0 Å². The Morgan fingerprint density at radius 2 is 1.85 bits per heavy atom. The van der Waals surface area contributed by atoms with Gasteiger partial charge in [-0.05, 0) is 61.3 Å². The first-order chi connectivity index (χ1) is 9.71. The minimum Gasteiger partial charge on any atom is -0.330 e. The summed E-state index contributed by atoms with van der Waals surface area (Å²) < 4.78 is 0. The van der Waals surface area contributed by atoms with Gasteiger partial charge in [0.15, 0.2) is 0 Å². The molecule has 0 amide bonds. The highest BCUT2D eigenvalue weighted by molar-refractivity contribution is 5.32. The minimum absolute atomic E-state index is 0.238. The Kier molecular flexibility index (Phi) is 3.62. The van der Waals surface area contributed by atoms with Crippen molar-refractivity contribution in [1.82, 2.24) is 0 Å². The molecule has 104 valence electrons. The van der Waals surface area contributed by atoms with Gasteiger partial charge in [-0.3, -0.25) is 0 Å². The second-order valence-electron chi connectivity index (χ2n) is 6.32. The minimum atomic E-state index is 0.238. The summed E-state index contributed by atoms with van der Waals surface area (Å²) in [6.07, 6.45) is 4.58. The van der Waals surface area contributed by atoms with E-state index in [1.54, 1.807) is 0 Å². The van der Waals surface area contributed by atoms with Crippen LogP contribution < -0.4 is 5.73 Å². The highest BCUT2D eigenvalue weighted by Crippen LogP contribution is 2.37. The molecule has 3 rings (SSSR count). The smallest absolute Gasteiger partial charge is 0.00140 e. The molecule has 1 aliphatic rings. The average molecular weight is 265 g/mol. The van der Waals surface area contributed by atoms with Gasteiger partial charge in [0.1, 0.15) is 0 Å². The van der Waals surface area contributed by atoms with E-state index in [1.807, 2.05) is 0 Å². The van der Waals surface area contributed by atoms with Crippen LogP contribution in [-0.2, 0) is 19.3 Å². The van der Waals surface area contributed by atoms with Gasteiger partial charge < -0.3 is 5.73 Å². The fourth-order valence-corrected chi connectivity index (χ4v) is 3.52. The van der Waals surface area contributed by atoms with Crippen molar-refractivity contribution in [2.24, 2.45) is 11.1 Å². The molecule has 2 aromatic rings. The maximum Gasteiger partial charge on any atom is -0.00140 e. The van der Waals surface area contributed by atoms with Crippen molar-refractivity contribution in [2.45, 2.75) is 32.6 Å². The number of hydrogen-bond acceptors (Lipinski definition) is 1. The molecular formula is C19H23N. The van der Waals surface area contributed by atoms with Gasteiger partial charge in [-0.2, -0.15) is 0 Å².